The van der Waals surface area contributed by atoms with Gasteiger partial charge in [0.25, 0.3) is 0 Å². The summed E-state index contributed by atoms with van der Waals surface area (Å²) in [6.45, 7) is 0. The number of nitrogens with zero attached hydrogens (tertiary/aromatic N) is 3. The van der Waals surface area contributed by atoms with E-state index in [-0.39, 0.29) is 5.15 Å². The lowest BCUT2D eigenvalue weighted by molar-refractivity contribution is 1.12. The fourth-order valence-electron chi connectivity index (χ4n) is 2.25. The first kappa shape index (κ1) is 11.3. The van der Waals surface area contributed by atoms with E-state index in [4.69, 9.17) is 11.6 Å². The highest BCUT2D eigenvalue weighted by molar-refractivity contribution is 6.34. The van der Waals surface area contributed by atoms with Crippen LogP contribution in [0.15, 0.2) is 41.2 Å². The molecule has 0 saturated carbocycles. The number of fused-ring (bicyclic) bond motifs is 4. The molecule has 0 saturated heterocycles. The Bertz CT molecular complexity index is 1040. The lowest BCUT2D eigenvalue weighted by atomic mass is 10.2. The monoisotopic (exact) mass is 282 g/mol. The van der Waals surface area contributed by atoms with Gasteiger partial charge in [-0.1, -0.05) is 23.7 Å². The molecule has 4 aromatic rings. The minimum absolute atomic E-state index is 0.261. The second-order valence-electron chi connectivity index (χ2n) is 4.40. The van der Waals surface area contributed by atoms with Crippen molar-refractivity contribution in [3.63, 3.8) is 0 Å². The van der Waals surface area contributed by atoms with Gasteiger partial charge in [-0.15, -0.1) is 0 Å². The second-order valence-corrected chi connectivity index (χ2v) is 4.78. The van der Waals surface area contributed by atoms with Crippen molar-refractivity contribution in [2.24, 2.45) is 0 Å². The molecule has 20 heavy (non-hydrogen) atoms. The molecule has 0 unspecified atom stereocenters. The third kappa shape index (κ3) is 1.57. The first-order chi connectivity index (χ1) is 9.72. The van der Waals surface area contributed by atoms with Crippen LogP contribution in [-0.2, 0) is 0 Å². The first-order valence-electron chi connectivity index (χ1n) is 5.97. The summed E-state index contributed by atoms with van der Waals surface area (Å²) in [6, 6.07) is 11.2. The SMILES string of the molecule is O=c1nc2c(ccc3nc4ccccc4nc32)c(Cl)[nH]1. The first-order valence-corrected chi connectivity index (χ1v) is 6.35. The normalized spacial score (nSPS) is 11.4. The van der Waals surface area contributed by atoms with Gasteiger partial charge < -0.3 is 0 Å². The van der Waals surface area contributed by atoms with E-state index in [2.05, 4.69) is 19.9 Å². The minimum Gasteiger partial charge on any atom is -0.296 e. The molecule has 0 amide bonds. The maximum absolute atomic E-state index is 11.5. The van der Waals surface area contributed by atoms with Gasteiger partial charge in [0.1, 0.15) is 16.2 Å². The zero-order valence-corrected chi connectivity index (χ0v) is 10.8. The van der Waals surface area contributed by atoms with Gasteiger partial charge in [0.2, 0.25) is 0 Å². The fraction of sp³-hybridized carbons (Fsp3) is 0. The third-order valence-corrected chi connectivity index (χ3v) is 3.45. The Hall–Kier alpha value is -2.53. The van der Waals surface area contributed by atoms with E-state index < -0.39 is 5.69 Å². The van der Waals surface area contributed by atoms with Crippen LogP contribution in [0.3, 0.4) is 0 Å². The van der Waals surface area contributed by atoms with Crippen LogP contribution < -0.4 is 5.69 Å². The molecule has 0 atom stereocenters. The van der Waals surface area contributed by atoms with Crippen LogP contribution in [-0.4, -0.2) is 19.9 Å². The molecular weight excluding hydrogens is 276 g/mol. The summed E-state index contributed by atoms with van der Waals surface area (Å²) in [5.41, 5.74) is 2.79. The van der Waals surface area contributed by atoms with Crippen LogP contribution in [0.1, 0.15) is 0 Å². The molecule has 0 radical (unpaired) electrons. The van der Waals surface area contributed by atoms with Crippen molar-refractivity contribution < 1.29 is 0 Å². The molecule has 0 bridgehead atoms. The maximum atomic E-state index is 11.5. The number of rotatable bonds is 0. The Morgan fingerprint density at radius 1 is 0.850 bits per heavy atom. The van der Waals surface area contributed by atoms with Crippen LogP contribution in [0.25, 0.3) is 33.0 Å². The zero-order valence-electron chi connectivity index (χ0n) is 10.1. The van der Waals surface area contributed by atoms with Crippen LogP contribution in [0, 0.1) is 0 Å². The third-order valence-electron chi connectivity index (χ3n) is 3.15. The van der Waals surface area contributed by atoms with Crippen molar-refractivity contribution in [2.75, 3.05) is 0 Å². The quantitative estimate of drug-likeness (QED) is 0.306. The Kier molecular flexibility index (Phi) is 2.25. The molecule has 0 fully saturated rings. The van der Waals surface area contributed by atoms with Gasteiger partial charge in [-0.25, -0.2) is 14.8 Å². The second kappa shape index (κ2) is 3.98. The lowest BCUT2D eigenvalue weighted by Gasteiger charge is -2.04. The van der Waals surface area contributed by atoms with Crippen molar-refractivity contribution in [1.82, 2.24) is 19.9 Å². The Balaban J connectivity index is 2.29. The average Bonchev–Trinajstić information content (AvgIpc) is 2.45. The largest absolute Gasteiger partial charge is 0.346 e. The predicted octanol–water partition coefficient (Wildman–Crippen LogP) is 2.67. The van der Waals surface area contributed by atoms with E-state index in [9.17, 15) is 4.79 Å². The Labute approximate surface area is 117 Å². The van der Waals surface area contributed by atoms with E-state index >= 15 is 0 Å². The van der Waals surface area contributed by atoms with Gasteiger partial charge in [-0.3, -0.25) is 4.98 Å². The summed E-state index contributed by atoms with van der Waals surface area (Å²) >= 11 is 6.04. The molecule has 2 aromatic carbocycles. The van der Waals surface area contributed by atoms with Crippen LogP contribution in [0.5, 0.6) is 0 Å². The number of halogens is 1. The minimum atomic E-state index is -0.495. The Morgan fingerprint density at radius 2 is 1.60 bits per heavy atom. The number of hydrogen-bond donors (Lipinski definition) is 1. The lowest BCUT2D eigenvalue weighted by Crippen LogP contribution is -2.10. The van der Waals surface area contributed by atoms with Crippen molar-refractivity contribution in [1.29, 1.82) is 0 Å². The molecule has 0 aliphatic rings. The molecule has 5 nitrogen and oxygen atoms in total. The van der Waals surface area contributed by atoms with Crippen molar-refractivity contribution in [3.05, 3.63) is 52.0 Å². The van der Waals surface area contributed by atoms with E-state index in [1.54, 1.807) is 6.07 Å². The van der Waals surface area contributed by atoms with E-state index in [1.165, 1.54) is 0 Å². The Morgan fingerprint density at radius 3 is 2.40 bits per heavy atom. The molecule has 1 N–H and O–H groups in total. The highest BCUT2D eigenvalue weighted by atomic mass is 35.5. The van der Waals surface area contributed by atoms with Crippen LogP contribution >= 0.6 is 11.6 Å². The summed E-state index contributed by atoms with van der Waals surface area (Å²) in [4.78, 5) is 27.0. The molecular formula is C14H7ClN4O. The number of para-hydroxylation sites is 2. The number of benzene rings is 2. The van der Waals surface area contributed by atoms with E-state index in [0.717, 1.165) is 11.0 Å². The summed E-state index contributed by atoms with van der Waals surface area (Å²) in [5.74, 6) is 0. The molecule has 0 aliphatic heterocycles. The van der Waals surface area contributed by atoms with Crippen LogP contribution in [0.2, 0.25) is 5.15 Å². The topological polar surface area (TPSA) is 71.5 Å². The summed E-state index contributed by atoms with van der Waals surface area (Å²) in [6.07, 6.45) is 0. The van der Waals surface area contributed by atoms with Gasteiger partial charge in [-0.05, 0) is 24.3 Å². The number of nitrogens with one attached hydrogen (secondary N) is 1. The van der Waals surface area contributed by atoms with Crippen molar-refractivity contribution in [2.45, 2.75) is 0 Å². The number of hydrogen-bond acceptors (Lipinski definition) is 4. The molecule has 96 valence electrons. The summed E-state index contributed by atoms with van der Waals surface area (Å²) < 4.78 is 0. The number of aromatic amines is 1. The molecule has 0 spiro atoms. The fourth-order valence-corrected chi connectivity index (χ4v) is 2.49. The molecule has 4 rings (SSSR count). The smallest absolute Gasteiger partial charge is 0.296 e. The predicted molar refractivity (Wildman–Crippen MR) is 78.0 cm³/mol. The van der Waals surface area contributed by atoms with E-state index in [0.29, 0.717) is 21.9 Å². The number of aromatic nitrogens is 4. The van der Waals surface area contributed by atoms with Gasteiger partial charge in [-0.2, -0.15) is 4.98 Å². The molecule has 2 heterocycles. The van der Waals surface area contributed by atoms with Gasteiger partial charge in [0.15, 0.2) is 0 Å². The highest BCUT2D eigenvalue weighted by Gasteiger charge is 2.10. The molecule has 0 aliphatic carbocycles. The molecule has 2 aromatic heterocycles. The highest BCUT2D eigenvalue weighted by Crippen LogP contribution is 2.25. The number of H-pyrrole nitrogens is 1. The average molecular weight is 283 g/mol. The van der Waals surface area contributed by atoms with Gasteiger partial charge in [0, 0.05) is 5.39 Å². The van der Waals surface area contributed by atoms with Gasteiger partial charge in [0.05, 0.1) is 16.6 Å². The molecule has 6 heteroatoms. The standard InChI is InChI=1S/C14H7ClN4O/c15-13-7-5-6-10-12(11(7)18-14(20)19-13)17-9-4-2-1-3-8(9)16-10/h1-6H,(H,18,19,20). The van der Waals surface area contributed by atoms with E-state index in [1.807, 2.05) is 30.3 Å². The van der Waals surface area contributed by atoms with Crippen molar-refractivity contribution >= 4 is 44.6 Å². The summed E-state index contributed by atoms with van der Waals surface area (Å²) in [5, 5.41) is 0.917. The van der Waals surface area contributed by atoms with Crippen LogP contribution in [0.4, 0.5) is 0 Å². The van der Waals surface area contributed by atoms with Crippen molar-refractivity contribution in [3.8, 4) is 0 Å². The zero-order chi connectivity index (χ0) is 13.7. The maximum Gasteiger partial charge on any atom is 0.346 e. The summed E-state index contributed by atoms with van der Waals surface area (Å²) in [7, 11) is 0. The van der Waals surface area contributed by atoms with Gasteiger partial charge >= 0.3 is 5.69 Å².